The highest BCUT2D eigenvalue weighted by atomic mass is 15.0. The van der Waals surface area contributed by atoms with Crippen molar-refractivity contribution in [2.24, 2.45) is 0 Å². The van der Waals surface area contributed by atoms with Crippen molar-refractivity contribution in [2.45, 2.75) is 13.8 Å². The van der Waals surface area contributed by atoms with Crippen LogP contribution in [0.3, 0.4) is 0 Å². The van der Waals surface area contributed by atoms with Crippen LogP contribution in [0, 0.1) is 13.8 Å². The average Bonchev–Trinajstić information content (AvgIpc) is 3.27. The summed E-state index contributed by atoms with van der Waals surface area (Å²) in [6, 6.07) is 68.0. The second kappa shape index (κ2) is 15.2. The molecular formula is C52H38N4. The van der Waals surface area contributed by atoms with Gasteiger partial charge in [-0.05, 0) is 88.2 Å². The molecule has 0 aliphatic rings. The van der Waals surface area contributed by atoms with Crippen LogP contribution in [-0.2, 0) is 0 Å². The Hall–Kier alpha value is -7.30. The SMILES string of the molecule is Cc1ccc(-c2ccc(-c3nc(-c4ccccc4)nc(-c4cccc(-c5cc(-c6ccccc6)c(-c6ccccc6)c(-c6ccccc6)c5)c4)n3)cc2)c(C)n1. The van der Waals surface area contributed by atoms with E-state index in [1.54, 1.807) is 0 Å². The first kappa shape index (κ1) is 34.5. The lowest BCUT2D eigenvalue weighted by Crippen LogP contribution is -2.00. The zero-order valence-electron chi connectivity index (χ0n) is 31.3. The van der Waals surface area contributed by atoms with Crippen LogP contribution in [-0.4, -0.2) is 19.9 Å². The highest BCUT2D eigenvalue weighted by molar-refractivity contribution is 5.98. The summed E-state index contributed by atoms with van der Waals surface area (Å²) in [4.78, 5) is 19.9. The summed E-state index contributed by atoms with van der Waals surface area (Å²) in [6.45, 7) is 4.07. The minimum Gasteiger partial charge on any atom is -0.258 e. The van der Waals surface area contributed by atoms with Gasteiger partial charge in [0.05, 0.1) is 0 Å². The molecule has 9 rings (SSSR count). The average molecular weight is 719 g/mol. The van der Waals surface area contributed by atoms with E-state index >= 15 is 0 Å². The van der Waals surface area contributed by atoms with E-state index in [9.17, 15) is 0 Å². The number of hydrogen-bond acceptors (Lipinski definition) is 4. The van der Waals surface area contributed by atoms with E-state index < -0.39 is 0 Å². The first-order chi connectivity index (χ1) is 27.6. The maximum atomic E-state index is 5.12. The van der Waals surface area contributed by atoms with Crippen molar-refractivity contribution in [1.29, 1.82) is 0 Å². The topological polar surface area (TPSA) is 51.6 Å². The Kier molecular flexibility index (Phi) is 9.36. The molecule has 4 heteroatoms. The Labute approximate surface area is 327 Å². The normalized spacial score (nSPS) is 11.0. The van der Waals surface area contributed by atoms with Crippen LogP contribution in [0.15, 0.2) is 194 Å². The fourth-order valence-corrected chi connectivity index (χ4v) is 7.39. The third-order valence-electron chi connectivity index (χ3n) is 10.2. The van der Waals surface area contributed by atoms with Gasteiger partial charge in [-0.15, -0.1) is 0 Å². The molecule has 7 aromatic carbocycles. The Morgan fingerprint density at radius 1 is 0.268 bits per heavy atom. The first-order valence-corrected chi connectivity index (χ1v) is 18.9. The molecule has 0 amide bonds. The molecule has 0 fully saturated rings. The summed E-state index contributed by atoms with van der Waals surface area (Å²) in [5, 5.41) is 0. The molecule has 56 heavy (non-hydrogen) atoms. The van der Waals surface area contributed by atoms with Gasteiger partial charge in [-0.3, -0.25) is 4.98 Å². The van der Waals surface area contributed by atoms with Gasteiger partial charge in [-0.1, -0.05) is 170 Å². The van der Waals surface area contributed by atoms with Crippen molar-refractivity contribution in [3.63, 3.8) is 0 Å². The van der Waals surface area contributed by atoms with E-state index in [0.29, 0.717) is 17.5 Å². The van der Waals surface area contributed by atoms with Crippen LogP contribution in [0.4, 0.5) is 0 Å². The summed E-state index contributed by atoms with van der Waals surface area (Å²) in [5.41, 5.74) is 16.2. The molecule has 0 radical (unpaired) electrons. The van der Waals surface area contributed by atoms with Gasteiger partial charge in [0, 0.05) is 33.6 Å². The Balaban J connectivity index is 1.19. The molecule has 0 N–H and O–H groups in total. The minimum atomic E-state index is 0.617. The molecule has 0 atom stereocenters. The van der Waals surface area contributed by atoms with E-state index in [0.717, 1.165) is 61.5 Å². The van der Waals surface area contributed by atoms with E-state index in [2.05, 4.69) is 176 Å². The second-order valence-electron chi connectivity index (χ2n) is 14.0. The molecule has 0 unspecified atom stereocenters. The molecule has 9 aromatic rings. The summed E-state index contributed by atoms with van der Waals surface area (Å²) >= 11 is 0. The molecule has 0 aliphatic heterocycles. The van der Waals surface area contributed by atoms with Crippen LogP contribution in [0.25, 0.3) is 89.8 Å². The number of aromatic nitrogens is 4. The predicted molar refractivity (Wildman–Crippen MR) is 231 cm³/mol. The van der Waals surface area contributed by atoms with Crippen molar-refractivity contribution in [3.05, 3.63) is 206 Å². The summed E-state index contributed by atoms with van der Waals surface area (Å²) in [6.07, 6.45) is 0. The quantitative estimate of drug-likeness (QED) is 0.157. The molecule has 0 spiro atoms. The molecule has 0 bridgehead atoms. The van der Waals surface area contributed by atoms with Crippen LogP contribution in [0.1, 0.15) is 11.4 Å². The van der Waals surface area contributed by atoms with Crippen LogP contribution in [0.2, 0.25) is 0 Å². The lowest BCUT2D eigenvalue weighted by molar-refractivity contribution is 1.07. The monoisotopic (exact) mass is 718 g/mol. The van der Waals surface area contributed by atoms with Crippen LogP contribution < -0.4 is 0 Å². The van der Waals surface area contributed by atoms with Gasteiger partial charge in [0.25, 0.3) is 0 Å². The largest absolute Gasteiger partial charge is 0.258 e. The number of pyridine rings is 1. The Bertz CT molecular complexity index is 2720. The van der Waals surface area contributed by atoms with Crippen molar-refractivity contribution in [1.82, 2.24) is 19.9 Å². The molecule has 0 saturated heterocycles. The molecule has 0 saturated carbocycles. The van der Waals surface area contributed by atoms with E-state index in [1.807, 2.05) is 37.3 Å². The van der Waals surface area contributed by atoms with E-state index in [1.165, 1.54) is 22.3 Å². The van der Waals surface area contributed by atoms with Crippen molar-refractivity contribution < 1.29 is 0 Å². The van der Waals surface area contributed by atoms with Crippen molar-refractivity contribution >= 4 is 0 Å². The summed E-state index contributed by atoms with van der Waals surface area (Å²) < 4.78 is 0. The van der Waals surface area contributed by atoms with E-state index in [-0.39, 0.29) is 0 Å². The van der Waals surface area contributed by atoms with Gasteiger partial charge in [-0.2, -0.15) is 0 Å². The smallest absolute Gasteiger partial charge is 0.164 e. The number of aryl methyl sites for hydroxylation is 2. The molecule has 2 aromatic heterocycles. The number of nitrogens with zero attached hydrogens (tertiary/aromatic N) is 4. The Morgan fingerprint density at radius 2 is 0.679 bits per heavy atom. The summed E-state index contributed by atoms with van der Waals surface area (Å²) in [7, 11) is 0. The fourth-order valence-electron chi connectivity index (χ4n) is 7.39. The predicted octanol–water partition coefficient (Wildman–Crippen LogP) is 13.2. The molecule has 4 nitrogen and oxygen atoms in total. The fraction of sp³-hybridized carbons (Fsp3) is 0.0385. The van der Waals surface area contributed by atoms with Gasteiger partial charge in [0.1, 0.15) is 0 Å². The number of benzene rings is 7. The maximum absolute atomic E-state index is 5.12. The highest BCUT2D eigenvalue weighted by Gasteiger charge is 2.18. The number of hydrogen-bond donors (Lipinski definition) is 0. The highest BCUT2D eigenvalue weighted by Crippen LogP contribution is 2.43. The maximum Gasteiger partial charge on any atom is 0.164 e. The standard InChI is InChI=1S/C52H38N4/c1-35-26-31-46(36(2)53-35)39-27-29-42(30-28-39)51-54-50(41-22-13-6-14-23-41)55-52(56-51)44-25-15-24-43(32-44)45-33-47(37-16-7-3-8-17-37)49(40-20-11-5-12-21-40)48(34-45)38-18-9-4-10-19-38/h3-34H,1-2H3. The third kappa shape index (κ3) is 7.04. The van der Waals surface area contributed by atoms with Gasteiger partial charge < -0.3 is 0 Å². The first-order valence-electron chi connectivity index (χ1n) is 18.9. The van der Waals surface area contributed by atoms with Gasteiger partial charge in [0.2, 0.25) is 0 Å². The van der Waals surface area contributed by atoms with Crippen molar-refractivity contribution in [3.8, 4) is 89.8 Å². The number of rotatable bonds is 8. The van der Waals surface area contributed by atoms with Crippen LogP contribution >= 0.6 is 0 Å². The van der Waals surface area contributed by atoms with Crippen LogP contribution in [0.5, 0.6) is 0 Å². The summed E-state index contributed by atoms with van der Waals surface area (Å²) in [5.74, 6) is 1.86. The van der Waals surface area contributed by atoms with Crippen molar-refractivity contribution in [2.75, 3.05) is 0 Å². The molecule has 2 heterocycles. The zero-order valence-corrected chi connectivity index (χ0v) is 31.3. The lowest BCUT2D eigenvalue weighted by Gasteiger charge is -2.19. The lowest BCUT2D eigenvalue weighted by atomic mass is 9.84. The van der Waals surface area contributed by atoms with Gasteiger partial charge in [0.15, 0.2) is 17.5 Å². The second-order valence-corrected chi connectivity index (χ2v) is 14.0. The molecular weight excluding hydrogens is 681 g/mol. The van der Waals surface area contributed by atoms with Gasteiger partial charge >= 0.3 is 0 Å². The van der Waals surface area contributed by atoms with E-state index in [4.69, 9.17) is 15.0 Å². The molecule has 266 valence electrons. The zero-order chi connectivity index (χ0) is 37.8. The third-order valence-corrected chi connectivity index (χ3v) is 10.2. The minimum absolute atomic E-state index is 0.617. The molecule has 0 aliphatic carbocycles. The Morgan fingerprint density at radius 3 is 1.21 bits per heavy atom. The van der Waals surface area contributed by atoms with Gasteiger partial charge in [-0.25, -0.2) is 15.0 Å².